The van der Waals surface area contributed by atoms with Crippen molar-refractivity contribution in [2.75, 3.05) is 7.11 Å². The standard InChI is InChI=1S/C31H37NO6/c1-6-22(7-2)30(38-25-15-13-24(14-16-25)23-11-9-8-10-12-23)21(4)37-31(35)20(3)19-26(33)28-29(34)27(36-5)17-18-32-28/h8-18,20-22,30,34H,6-7,19H2,1-5H3/t20-,21+,30+/m1/s1. The number of carbonyl (C=O) groups is 2. The highest BCUT2D eigenvalue weighted by Gasteiger charge is 2.32. The number of Topliss-reactive ketones (excluding diaryl/α,β-unsaturated/α-hetero) is 1. The van der Waals surface area contributed by atoms with Gasteiger partial charge in [0.25, 0.3) is 0 Å². The lowest BCUT2D eigenvalue weighted by Crippen LogP contribution is -2.40. The zero-order valence-electron chi connectivity index (χ0n) is 22.7. The molecule has 2 aromatic carbocycles. The molecule has 0 aliphatic heterocycles. The summed E-state index contributed by atoms with van der Waals surface area (Å²) in [6.07, 6.45) is 2.04. The zero-order chi connectivity index (χ0) is 27.7. The van der Waals surface area contributed by atoms with Crippen molar-refractivity contribution in [3.05, 3.63) is 72.6 Å². The number of ether oxygens (including phenoxy) is 3. The van der Waals surface area contributed by atoms with Gasteiger partial charge in [-0.05, 0) is 48.9 Å². The molecular formula is C31H37NO6. The first-order valence-corrected chi connectivity index (χ1v) is 13.1. The summed E-state index contributed by atoms with van der Waals surface area (Å²) in [6.45, 7) is 7.63. The van der Waals surface area contributed by atoms with E-state index in [4.69, 9.17) is 14.2 Å². The van der Waals surface area contributed by atoms with Gasteiger partial charge in [0.2, 0.25) is 0 Å². The predicted molar refractivity (Wildman–Crippen MR) is 146 cm³/mol. The summed E-state index contributed by atoms with van der Waals surface area (Å²) in [5.41, 5.74) is 2.08. The van der Waals surface area contributed by atoms with Gasteiger partial charge >= 0.3 is 5.97 Å². The monoisotopic (exact) mass is 519 g/mol. The first kappa shape index (κ1) is 28.7. The highest BCUT2D eigenvalue weighted by Crippen LogP contribution is 2.30. The summed E-state index contributed by atoms with van der Waals surface area (Å²) < 4.78 is 17.2. The zero-order valence-corrected chi connectivity index (χ0v) is 22.7. The number of methoxy groups -OCH3 is 1. The number of aromatic nitrogens is 1. The number of hydrogen-bond donors (Lipinski definition) is 1. The molecule has 3 rings (SSSR count). The Balaban J connectivity index is 1.68. The van der Waals surface area contributed by atoms with Crippen molar-refractivity contribution in [3.63, 3.8) is 0 Å². The third-order valence-electron chi connectivity index (χ3n) is 6.78. The van der Waals surface area contributed by atoms with Crippen LogP contribution >= 0.6 is 0 Å². The molecule has 0 aliphatic carbocycles. The Hall–Kier alpha value is -3.87. The van der Waals surface area contributed by atoms with Crippen LogP contribution in [0.3, 0.4) is 0 Å². The average Bonchev–Trinajstić information content (AvgIpc) is 2.93. The predicted octanol–water partition coefficient (Wildman–Crippen LogP) is 6.49. The van der Waals surface area contributed by atoms with E-state index in [1.807, 2.05) is 49.4 Å². The minimum atomic E-state index is -0.732. The van der Waals surface area contributed by atoms with E-state index in [2.05, 4.69) is 31.0 Å². The molecule has 38 heavy (non-hydrogen) atoms. The van der Waals surface area contributed by atoms with Crippen molar-refractivity contribution in [3.8, 4) is 28.4 Å². The average molecular weight is 520 g/mol. The minimum Gasteiger partial charge on any atom is -0.503 e. The molecule has 1 N–H and O–H groups in total. The maximum Gasteiger partial charge on any atom is 0.309 e. The normalized spacial score (nSPS) is 13.4. The lowest BCUT2D eigenvalue weighted by molar-refractivity contribution is -0.158. The van der Waals surface area contributed by atoms with Gasteiger partial charge < -0.3 is 19.3 Å². The molecule has 0 spiro atoms. The molecule has 0 saturated heterocycles. The van der Waals surface area contributed by atoms with E-state index < -0.39 is 23.8 Å². The molecule has 0 radical (unpaired) electrons. The summed E-state index contributed by atoms with van der Waals surface area (Å²) in [5, 5.41) is 10.2. The summed E-state index contributed by atoms with van der Waals surface area (Å²) in [5.74, 6) is -1.03. The van der Waals surface area contributed by atoms with Gasteiger partial charge in [-0.25, -0.2) is 4.98 Å². The summed E-state index contributed by atoms with van der Waals surface area (Å²) >= 11 is 0. The molecule has 1 aromatic heterocycles. The lowest BCUT2D eigenvalue weighted by atomic mass is 9.92. The second-order valence-electron chi connectivity index (χ2n) is 9.43. The van der Waals surface area contributed by atoms with Gasteiger partial charge in [0.05, 0.1) is 13.0 Å². The van der Waals surface area contributed by atoms with E-state index in [1.54, 1.807) is 6.92 Å². The molecule has 0 saturated carbocycles. The fraction of sp³-hybridized carbons (Fsp3) is 0.387. The Morgan fingerprint density at radius 2 is 1.55 bits per heavy atom. The molecule has 0 aliphatic rings. The van der Waals surface area contributed by atoms with Gasteiger partial charge in [-0.3, -0.25) is 9.59 Å². The van der Waals surface area contributed by atoms with Crippen LogP contribution in [0.25, 0.3) is 11.1 Å². The second kappa shape index (κ2) is 13.6. The molecule has 0 bridgehead atoms. The molecule has 3 atom stereocenters. The number of nitrogens with zero attached hydrogens (tertiary/aromatic N) is 1. The van der Waals surface area contributed by atoms with Crippen LogP contribution in [0.1, 0.15) is 57.4 Å². The maximum absolute atomic E-state index is 12.9. The SMILES string of the molecule is CCC(CC)[C@@H](Oc1ccc(-c2ccccc2)cc1)[C@H](C)OC(=O)[C@H](C)CC(=O)c1nccc(OC)c1O. The molecular weight excluding hydrogens is 482 g/mol. The number of benzene rings is 2. The first-order chi connectivity index (χ1) is 18.3. The van der Waals surface area contributed by atoms with Crippen LogP contribution in [-0.4, -0.2) is 41.2 Å². The molecule has 7 nitrogen and oxygen atoms in total. The molecule has 0 unspecified atom stereocenters. The number of rotatable bonds is 13. The summed E-state index contributed by atoms with van der Waals surface area (Å²) in [6, 6.07) is 19.5. The van der Waals surface area contributed by atoms with E-state index >= 15 is 0 Å². The minimum absolute atomic E-state index is 0.130. The fourth-order valence-corrected chi connectivity index (χ4v) is 4.47. The molecule has 3 aromatic rings. The van der Waals surface area contributed by atoms with Crippen LogP contribution < -0.4 is 9.47 Å². The number of hydrogen-bond acceptors (Lipinski definition) is 7. The quantitative estimate of drug-likeness (QED) is 0.204. The Morgan fingerprint density at radius 1 is 0.921 bits per heavy atom. The van der Waals surface area contributed by atoms with Crippen LogP contribution in [0.2, 0.25) is 0 Å². The molecule has 202 valence electrons. The van der Waals surface area contributed by atoms with E-state index in [9.17, 15) is 14.7 Å². The van der Waals surface area contributed by atoms with E-state index in [0.29, 0.717) is 5.75 Å². The largest absolute Gasteiger partial charge is 0.503 e. The van der Waals surface area contributed by atoms with E-state index in [1.165, 1.54) is 19.4 Å². The summed E-state index contributed by atoms with van der Waals surface area (Å²) in [4.78, 5) is 29.6. The Bertz CT molecular complexity index is 1190. The van der Waals surface area contributed by atoms with Gasteiger partial charge in [0.15, 0.2) is 23.0 Å². The molecule has 1 heterocycles. The van der Waals surface area contributed by atoms with Crippen LogP contribution in [0.15, 0.2) is 66.9 Å². The van der Waals surface area contributed by atoms with Crippen molar-refractivity contribution in [2.45, 2.75) is 59.2 Å². The van der Waals surface area contributed by atoms with Crippen molar-refractivity contribution in [1.29, 1.82) is 0 Å². The van der Waals surface area contributed by atoms with E-state index in [0.717, 1.165) is 24.0 Å². The van der Waals surface area contributed by atoms with Crippen LogP contribution in [0.4, 0.5) is 0 Å². The van der Waals surface area contributed by atoms with Gasteiger partial charge in [-0.15, -0.1) is 0 Å². The number of aromatic hydroxyl groups is 1. The van der Waals surface area contributed by atoms with Gasteiger partial charge in [0.1, 0.15) is 18.0 Å². The van der Waals surface area contributed by atoms with Gasteiger partial charge in [-0.1, -0.05) is 63.2 Å². The number of pyridine rings is 1. The summed E-state index contributed by atoms with van der Waals surface area (Å²) in [7, 11) is 1.39. The van der Waals surface area contributed by atoms with E-state index in [-0.39, 0.29) is 35.6 Å². The molecule has 7 heteroatoms. The van der Waals surface area contributed by atoms with Crippen molar-refractivity contribution < 1.29 is 28.9 Å². The smallest absolute Gasteiger partial charge is 0.309 e. The van der Waals surface area contributed by atoms with Gasteiger partial charge in [0, 0.05) is 18.7 Å². The Labute approximate surface area is 224 Å². The lowest BCUT2D eigenvalue weighted by Gasteiger charge is -2.31. The Morgan fingerprint density at radius 3 is 2.16 bits per heavy atom. The number of carbonyl (C=O) groups excluding carboxylic acids is 2. The highest BCUT2D eigenvalue weighted by atomic mass is 16.6. The Kier molecular flexibility index (Phi) is 10.3. The van der Waals surface area contributed by atoms with Crippen LogP contribution in [0.5, 0.6) is 17.2 Å². The molecule has 0 fully saturated rings. The van der Waals surface area contributed by atoms with Gasteiger partial charge in [-0.2, -0.15) is 0 Å². The second-order valence-corrected chi connectivity index (χ2v) is 9.43. The maximum atomic E-state index is 12.9. The van der Waals surface area contributed by atoms with Crippen molar-refractivity contribution in [1.82, 2.24) is 4.98 Å². The topological polar surface area (TPSA) is 95.0 Å². The fourth-order valence-electron chi connectivity index (χ4n) is 4.47. The number of esters is 1. The van der Waals surface area contributed by atoms with Crippen LogP contribution in [0, 0.1) is 11.8 Å². The third-order valence-corrected chi connectivity index (χ3v) is 6.78. The van der Waals surface area contributed by atoms with Crippen molar-refractivity contribution >= 4 is 11.8 Å². The van der Waals surface area contributed by atoms with Crippen LogP contribution in [-0.2, 0) is 9.53 Å². The number of ketones is 1. The molecule has 0 amide bonds. The van der Waals surface area contributed by atoms with Crippen molar-refractivity contribution in [2.24, 2.45) is 11.8 Å². The third kappa shape index (κ3) is 7.12. The first-order valence-electron chi connectivity index (χ1n) is 13.1. The highest BCUT2D eigenvalue weighted by molar-refractivity contribution is 5.99.